The molecule has 2 N–H and O–H groups in total. The lowest BCUT2D eigenvalue weighted by atomic mass is 9.90. The van der Waals surface area contributed by atoms with Crippen molar-refractivity contribution in [3.63, 3.8) is 0 Å². The van der Waals surface area contributed by atoms with Crippen LogP contribution in [0.5, 0.6) is 0 Å². The molecule has 19 heavy (non-hydrogen) atoms. The van der Waals surface area contributed by atoms with Gasteiger partial charge < -0.3 is 10.6 Å². The van der Waals surface area contributed by atoms with E-state index in [1.807, 2.05) is 11.6 Å². The Morgan fingerprint density at radius 1 is 1.68 bits per heavy atom. The summed E-state index contributed by atoms with van der Waals surface area (Å²) in [6.45, 7) is 5.93. The quantitative estimate of drug-likeness (QED) is 0.869. The number of hydrogen-bond acceptors (Lipinski definition) is 4. The van der Waals surface area contributed by atoms with Crippen LogP contribution in [0.25, 0.3) is 0 Å². The van der Waals surface area contributed by atoms with E-state index < -0.39 is 0 Å². The number of thiazole rings is 1. The molecule has 1 saturated heterocycles. The molecule has 1 fully saturated rings. The van der Waals surface area contributed by atoms with Gasteiger partial charge in [-0.3, -0.25) is 4.79 Å². The monoisotopic (exact) mass is 281 g/mol. The molecule has 0 spiro atoms. The van der Waals surface area contributed by atoms with E-state index in [-0.39, 0.29) is 17.9 Å². The van der Waals surface area contributed by atoms with Gasteiger partial charge in [0.2, 0.25) is 5.91 Å². The second-order valence-electron chi connectivity index (χ2n) is 5.32. The minimum Gasteiger partial charge on any atom is -0.354 e. The van der Waals surface area contributed by atoms with E-state index in [2.05, 4.69) is 29.5 Å². The summed E-state index contributed by atoms with van der Waals surface area (Å²) in [5.41, 5.74) is 0. The molecule has 0 aromatic carbocycles. The maximum absolute atomic E-state index is 12.1. The molecule has 4 nitrogen and oxygen atoms in total. The van der Waals surface area contributed by atoms with E-state index in [0.29, 0.717) is 12.5 Å². The van der Waals surface area contributed by atoms with E-state index in [9.17, 15) is 4.79 Å². The van der Waals surface area contributed by atoms with Crippen molar-refractivity contribution < 1.29 is 4.79 Å². The highest BCUT2D eigenvalue weighted by molar-refractivity contribution is 7.09. The third-order valence-electron chi connectivity index (χ3n) is 3.86. The first-order valence-electron chi connectivity index (χ1n) is 7.11. The maximum atomic E-state index is 12.1. The molecule has 1 amide bonds. The Kier molecular flexibility index (Phi) is 5.34. The highest BCUT2D eigenvalue weighted by atomic mass is 32.1. The number of piperidine rings is 1. The van der Waals surface area contributed by atoms with E-state index in [4.69, 9.17) is 0 Å². The van der Waals surface area contributed by atoms with E-state index >= 15 is 0 Å². The second kappa shape index (κ2) is 7.01. The van der Waals surface area contributed by atoms with E-state index in [1.54, 1.807) is 11.3 Å². The summed E-state index contributed by atoms with van der Waals surface area (Å²) in [5, 5.41) is 9.43. The largest absolute Gasteiger partial charge is 0.354 e. The van der Waals surface area contributed by atoms with Crippen LogP contribution in [0.15, 0.2) is 11.6 Å². The number of nitrogens with zero attached hydrogens (tertiary/aromatic N) is 1. The van der Waals surface area contributed by atoms with Gasteiger partial charge in [0, 0.05) is 24.0 Å². The molecule has 1 aromatic heterocycles. The minimum absolute atomic E-state index is 0.0119. The Labute approximate surface area is 119 Å². The van der Waals surface area contributed by atoms with Crippen molar-refractivity contribution in [2.75, 3.05) is 13.1 Å². The Hall–Kier alpha value is -0.940. The third kappa shape index (κ3) is 4.01. The smallest absolute Gasteiger partial charge is 0.237 e. The van der Waals surface area contributed by atoms with Crippen LogP contribution in [0.2, 0.25) is 0 Å². The number of carbonyl (C=O) groups excluding carboxylic acids is 1. The summed E-state index contributed by atoms with van der Waals surface area (Å²) in [5.74, 6) is 1.12. The first-order valence-corrected chi connectivity index (χ1v) is 7.99. The molecule has 0 radical (unpaired) electrons. The van der Waals surface area contributed by atoms with Gasteiger partial charge in [0.25, 0.3) is 0 Å². The highest BCUT2D eigenvalue weighted by Crippen LogP contribution is 2.20. The van der Waals surface area contributed by atoms with Crippen molar-refractivity contribution in [3.8, 4) is 0 Å². The summed E-state index contributed by atoms with van der Waals surface area (Å²) in [6.07, 6.45) is 5.14. The molecule has 3 atom stereocenters. The van der Waals surface area contributed by atoms with Crippen LogP contribution in [-0.4, -0.2) is 30.0 Å². The van der Waals surface area contributed by atoms with Gasteiger partial charge in [-0.2, -0.15) is 0 Å². The molecule has 1 aliphatic rings. The van der Waals surface area contributed by atoms with Crippen LogP contribution in [0.1, 0.15) is 44.0 Å². The fourth-order valence-corrected chi connectivity index (χ4v) is 3.21. The molecule has 1 aromatic rings. The van der Waals surface area contributed by atoms with Gasteiger partial charge in [0.05, 0.1) is 11.0 Å². The molecule has 2 rings (SSSR count). The first-order chi connectivity index (χ1) is 9.20. The van der Waals surface area contributed by atoms with Gasteiger partial charge in [0.1, 0.15) is 0 Å². The SMILES string of the molecule is CCC1CCNC(C(=O)NCC(C)c2nccs2)C1. The van der Waals surface area contributed by atoms with Crippen LogP contribution in [0, 0.1) is 5.92 Å². The Morgan fingerprint density at radius 2 is 2.53 bits per heavy atom. The molecule has 5 heteroatoms. The summed E-state index contributed by atoms with van der Waals surface area (Å²) in [7, 11) is 0. The minimum atomic E-state index is -0.0119. The van der Waals surface area contributed by atoms with Crippen LogP contribution in [0.4, 0.5) is 0 Å². The van der Waals surface area contributed by atoms with Gasteiger partial charge in [-0.15, -0.1) is 11.3 Å². The first kappa shape index (κ1) is 14.5. The molecule has 106 valence electrons. The number of hydrogen-bond donors (Lipinski definition) is 2. The van der Waals surface area contributed by atoms with Crippen LogP contribution in [-0.2, 0) is 4.79 Å². The highest BCUT2D eigenvalue weighted by Gasteiger charge is 2.26. The fourth-order valence-electron chi connectivity index (χ4n) is 2.51. The number of rotatable bonds is 5. The fraction of sp³-hybridized carbons (Fsp3) is 0.714. The summed E-state index contributed by atoms with van der Waals surface area (Å²) in [4.78, 5) is 16.4. The van der Waals surface area contributed by atoms with Crippen molar-refractivity contribution in [2.45, 2.75) is 45.1 Å². The normalized spacial score (nSPS) is 24.9. The van der Waals surface area contributed by atoms with Gasteiger partial charge in [-0.05, 0) is 25.3 Å². The van der Waals surface area contributed by atoms with Crippen molar-refractivity contribution >= 4 is 17.2 Å². The second-order valence-corrected chi connectivity index (χ2v) is 6.25. The number of carbonyl (C=O) groups is 1. The Balaban J connectivity index is 1.77. The zero-order valence-electron chi connectivity index (χ0n) is 11.7. The predicted molar refractivity (Wildman–Crippen MR) is 78.3 cm³/mol. The van der Waals surface area contributed by atoms with Crippen LogP contribution in [0.3, 0.4) is 0 Å². The van der Waals surface area contributed by atoms with Crippen LogP contribution >= 0.6 is 11.3 Å². The molecule has 2 heterocycles. The zero-order chi connectivity index (χ0) is 13.7. The van der Waals surface area contributed by atoms with Gasteiger partial charge in [-0.25, -0.2) is 4.98 Å². The Morgan fingerprint density at radius 3 is 3.21 bits per heavy atom. The standard InChI is InChI=1S/C14H23N3OS/c1-3-11-4-5-15-12(8-11)13(18)17-9-10(2)14-16-6-7-19-14/h6-7,10-12,15H,3-5,8-9H2,1-2H3,(H,17,18). The number of nitrogens with one attached hydrogen (secondary N) is 2. The summed E-state index contributed by atoms with van der Waals surface area (Å²) >= 11 is 1.64. The summed E-state index contributed by atoms with van der Waals surface area (Å²) < 4.78 is 0. The Bertz CT molecular complexity index is 393. The molecular weight excluding hydrogens is 258 g/mol. The molecular formula is C14H23N3OS. The van der Waals surface area contributed by atoms with Crippen molar-refractivity contribution in [3.05, 3.63) is 16.6 Å². The lowest BCUT2D eigenvalue weighted by Gasteiger charge is -2.29. The average Bonchev–Trinajstić information content (AvgIpc) is 2.98. The van der Waals surface area contributed by atoms with Crippen molar-refractivity contribution in [2.24, 2.45) is 5.92 Å². The van der Waals surface area contributed by atoms with E-state index in [1.165, 1.54) is 12.8 Å². The van der Waals surface area contributed by atoms with Crippen LogP contribution < -0.4 is 10.6 Å². The average molecular weight is 281 g/mol. The molecule has 0 aliphatic carbocycles. The third-order valence-corrected chi connectivity index (χ3v) is 4.87. The topological polar surface area (TPSA) is 54.0 Å². The zero-order valence-corrected chi connectivity index (χ0v) is 12.5. The van der Waals surface area contributed by atoms with Gasteiger partial charge >= 0.3 is 0 Å². The molecule has 0 bridgehead atoms. The lowest BCUT2D eigenvalue weighted by molar-refractivity contribution is -0.124. The van der Waals surface area contributed by atoms with Gasteiger partial charge in [0.15, 0.2) is 0 Å². The predicted octanol–water partition coefficient (Wildman–Crippen LogP) is 2.14. The molecule has 0 saturated carbocycles. The maximum Gasteiger partial charge on any atom is 0.237 e. The number of aromatic nitrogens is 1. The number of amides is 1. The summed E-state index contributed by atoms with van der Waals surface area (Å²) in [6, 6.07) is -0.0119. The van der Waals surface area contributed by atoms with Crippen molar-refractivity contribution in [1.29, 1.82) is 0 Å². The molecule has 1 aliphatic heterocycles. The van der Waals surface area contributed by atoms with Gasteiger partial charge in [-0.1, -0.05) is 20.3 Å². The lowest BCUT2D eigenvalue weighted by Crippen LogP contribution is -2.49. The van der Waals surface area contributed by atoms with E-state index in [0.717, 1.165) is 18.0 Å². The molecule has 3 unspecified atom stereocenters. The van der Waals surface area contributed by atoms with Crippen molar-refractivity contribution in [1.82, 2.24) is 15.6 Å².